The molecule has 0 saturated heterocycles. The molecule has 0 atom stereocenters. The van der Waals surface area contributed by atoms with E-state index in [1.54, 1.807) is 9.36 Å². The summed E-state index contributed by atoms with van der Waals surface area (Å²) in [6, 6.07) is 24.5. The van der Waals surface area contributed by atoms with Crippen molar-refractivity contribution < 1.29 is 0 Å². The van der Waals surface area contributed by atoms with Crippen LogP contribution in [0.15, 0.2) is 85.2 Å². The molecule has 0 saturated carbocycles. The predicted molar refractivity (Wildman–Crippen MR) is 117 cm³/mol. The molecule has 146 valence electrons. The molecule has 0 amide bonds. The number of nitrogens with zero attached hydrogens (tertiary/aromatic N) is 6. The maximum absolute atomic E-state index is 4.35. The summed E-state index contributed by atoms with van der Waals surface area (Å²) in [6.45, 7) is 4.13. The molecule has 0 N–H and O–H groups in total. The van der Waals surface area contributed by atoms with Gasteiger partial charge in [-0.05, 0) is 44.2 Å². The van der Waals surface area contributed by atoms with Gasteiger partial charge in [0.25, 0.3) is 0 Å². The lowest BCUT2D eigenvalue weighted by Gasteiger charge is -2.01. The molecule has 0 aliphatic heterocycles. The van der Waals surface area contributed by atoms with Crippen molar-refractivity contribution in [2.24, 2.45) is 0 Å². The summed E-state index contributed by atoms with van der Waals surface area (Å²) in [5.41, 5.74) is 7.97. The molecule has 0 aliphatic rings. The topological polar surface area (TPSA) is 61.4 Å². The van der Waals surface area contributed by atoms with Crippen molar-refractivity contribution in [2.45, 2.75) is 13.8 Å². The highest BCUT2D eigenvalue weighted by Crippen LogP contribution is 2.25. The molecule has 6 nitrogen and oxygen atoms in total. The van der Waals surface area contributed by atoms with Crippen LogP contribution in [0.25, 0.3) is 33.9 Å². The first-order valence-corrected chi connectivity index (χ1v) is 9.75. The molecule has 0 aliphatic carbocycles. The first kappa shape index (κ1) is 18.0. The van der Waals surface area contributed by atoms with E-state index < -0.39 is 0 Å². The minimum absolute atomic E-state index is 0.809. The minimum Gasteiger partial charge on any atom is -0.220 e. The Bertz CT molecular complexity index is 1200. The third-order valence-corrected chi connectivity index (χ3v) is 5.04. The molecule has 0 unspecified atom stereocenters. The summed E-state index contributed by atoms with van der Waals surface area (Å²) in [5, 5.41) is 17.3. The summed E-state index contributed by atoms with van der Waals surface area (Å²) in [6.07, 6.45) is 3.87. The van der Waals surface area contributed by atoms with Crippen LogP contribution in [0, 0.1) is 13.8 Å². The average Bonchev–Trinajstić information content (AvgIpc) is 3.45. The van der Waals surface area contributed by atoms with Gasteiger partial charge < -0.3 is 0 Å². The molecule has 3 aromatic carbocycles. The van der Waals surface area contributed by atoms with Gasteiger partial charge in [-0.2, -0.15) is 0 Å². The van der Waals surface area contributed by atoms with Gasteiger partial charge in [-0.15, -0.1) is 10.2 Å². The summed E-state index contributed by atoms with van der Waals surface area (Å²) in [5.74, 6) is 0. The fraction of sp³-hybridized carbons (Fsp3) is 0.0833. The highest BCUT2D eigenvalue weighted by atomic mass is 15.4. The predicted octanol–water partition coefficient (Wildman–Crippen LogP) is 4.80. The largest absolute Gasteiger partial charge is 0.220 e. The van der Waals surface area contributed by atoms with Gasteiger partial charge in [0.2, 0.25) is 0 Å². The van der Waals surface area contributed by atoms with E-state index in [2.05, 4.69) is 64.8 Å². The second-order valence-electron chi connectivity index (χ2n) is 7.35. The highest BCUT2D eigenvalue weighted by Gasteiger charge is 2.10. The van der Waals surface area contributed by atoms with E-state index in [1.165, 1.54) is 11.1 Å². The van der Waals surface area contributed by atoms with Crippen molar-refractivity contribution in [3.8, 4) is 33.9 Å². The number of benzene rings is 3. The van der Waals surface area contributed by atoms with Crippen LogP contribution in [0.5, 0.6) is 0 Å². The maximum atomic E-state index is 4.35. The zero-order valence-corrected chi connectivity index (χ0v) is 16.8. The third-order valence-electron chi connectivity index (χ3n) is 5.04. The molecule has 2 aromatic heterocycles. The van der Waals surface area contributed by atoms with Gasteiger partial charge >= 0.3 is 0 Å². The van der Waals surface area contributed by atoms with Crippen molar-refractivity contribution in [2.75, 3.05) is 0 Å². The number of aromatic nitrogens is 6. The zero-order chi connectivity index (χ0) is 20.5. The van der Waals surface area contributed by atoms with Crippen LogP contribution >= 0.6 is 0 Å². The molecule has 5 aromatic rings. The highest BCUT2D eigenvalue weighted by molar-refractivity contribution is 5.68. The van der Waals surface area contributed by atoms with E-state index in [0.29, 0.717) is 0 Å². The van der Waals surface area contributed by atoms with E-state index in [9.17, 15) is 0 Å². The fourth-order valence-corrected chi connectivity index (χ4v) is 3.28. The minimum atomic E-state index is 0.809. The molecule has 0 spiro atoms. The first-order chi connectivity index (χ1) is 14.7. The Hall–Kier alpha value is -4.06. The lowest BCUT2D eigenvalue weighted by atomic mass is 10.1. The second-order valence-corrected chi connectivity index (χ2v) is 7.35. The van der Waals surface area contributed by atoms with Gasteiger partial charge in [-0.1, -0.05) is 64.0 Å². The molecule has 0 bridgehead atoms. The van der Waals surface area contributed by atoms with E-state index in [0.717, 1.165) is 33.9 Å². The zero-order valence-electron chi connectivity index (χ0n) is 16.8. The monoisotopic (exact) mass is 392 g/mol. The molecular formula is C24H20N6. The molecular weight excluding hydrogens is 372 g/mol. The van der Waals surface area contributed by atoms with Crippen LogP contribution in [0.3, 0.4) is 0 Å². The Balaban J connectivity index is 1.44. The van der Waals surface area contributed by atoms with Gasteiger partial charge in [0.05, 0.1) is 23.8 Å². The van der Waals surface area contributed by atoms with Crippen LogP contribution in [-0.2, 0) is 0 Å². The molecule has 0 radical (unpaired) electrons. The average molecular weight is 392 g/mol. The molecule has 30 heavy (non-hydrogen) atoms. The quantitative estimate of drug-likeness (QED) is 0.441. The summed E-state index contributed by atoms with van der Waals surface area (Å²) < 4.78 is 3.57. The Kier molecular flexibility index (Phi) is 4.44. The molecule has 5 rings (SSSR count). The van der Waals surface area contributed by atoms with Crippen LogP contribution < -0.4 is 0 Å². The number of hydrogen-bond donors (Lipinski definition) is 0. The van der Waals surface area contributed by atoms with Crippen LogP contribution in [0.1, 0.15) is 11.1 Å². The molecule has 2 heterocycles. The van der Waals surface area contributed by atoms with Crippen LogP contribution in [-0.4, -0.2) is 30.0 Å². The van der Waals surface area contributed by atoms with Gasteiger partial charge in [0, 0.05) is 11.1 Å². The fourth-order valence-electron chi connectivity index (χ4n) is 3.28. The number of aryl methyl sites for hydroxylation is 2. The SMILES string of the molecule is Cc1ccc(-n2cc(-c3cccc(-c4cn(-c5ccc(C)cc5)nn4)c3)nn2)cc1. The smallest absolute Gasteiger partial charge is 0.113 e. The van der Waals surface area contributed by atoms with Gasteiger partial charge in [-0.25, -0.2) is 9.36 Å². The first-order valence-electron chi connectivity index (χ1n) is 9.75. The summed E-state index contributed by atoms with van der Waals surface area (Å²) in [7, 11) is 0. The van der Waals surface area contributed by atoms with Gasteiger partial charge in [0.1, 0.15) is 11.4 Å². The standard InChI is InChI=1S/C24H20N6/c1-17-6-10-21(11-7-17)29-15-23(25-27-29)19-4-3-5-20(14-19)24-16-30(28-26-24)22-12-8-18(2)9-13-22/h3-16H,1-2H3. The van der Waals surface area contributed by atoms with Crippen molar-refractivity contribution in [3.63, 3.8) is 0 Å². The third kappa shape index (κ3) is 3.51. The van der Waals surface area contributed by atoms with Crippen molar-refractivity contribution in [1.82, 2.24) is 30.0 Å². The lowest BCUT2D eigenvalue weighted by Crippen LogP contribution is -1.94. The molecule has 6 heteroatoms. The van der Waals surface area contributed by atoms with E-state index in [-0.39, 0.29) is 0 Å². The van der Waals surface area contributed by atoms with Gasteiger partial charge in [-0.3, -0.25) is 0 Å². The Morgan fingerprint density at radius 3 is 1.43 bits per heavy atom. The Morgan fingerprint density at radius 2 is 1.00 bits per heavy atom. The Morgan fingerprint density at radius 1 is 0.567 bits per heavy atom. The van der Waals surface area contributed by atoms with Gasteiger partial charge in [0.15, 0.2) is 0 Å². The van der Waals surface area contributed by atoms with E-state index in [4.69, 9.17) is 0 Å². The second kappa shape index (κ2) is 7.40. The van der Waals surface area contributed by atoms with Crippen molar-refractivity contribution in [3.05, 3.63) is 96.3 Å². The van der Waals surface area contributed by atoms with Crippen molar-refractivity contribution >= 4 is 0 Å². The van der Waals surface area contributed by atoms with Crippen molar-refractivity contribution in [1.29, 1.82) is 0 Å². The maximum Gasteiger partial charge on any atom is 0.113 e. The van der Waals surface area contributed by atoms with E-state index >= 15 is 0 Å². The summed E-state index contributed by atoms with van der Waals surface area (Å²) >= 11 is 0. The Labute approximate surface area is 174 Å². The van der Waals surface area contributed by atoms with Crippen LogP contribution in [0.2, 0.25) is 0 Å². The molecule has 0 fully saturated rings. The summed E-state index contributed by atoms with van der Waals surface area (Å²) in [4.78, 5) is 0. The van der Waals surface area contributed by atoms with Crippen LogP contribution in [0.4, 0.5) is 0 Å². The van der Waals surface area contributed by atoms with E-state index in [1.807, 2.05) is 54.9 Å². The lowest BCUT2D eigenvalue weighted by molar-refractivity contribution is 0.803. The number of rotatable bonds is 4. The number of hydrogen-bond acceptors (Lipinski definition) is 4. The normalized spacial score (nSPS) is 11.0.